The quantitative estimate of drug-likeness (QED) is 0.892. The van der Waals surface area contributed by atoms with Gasteiger partial charge >= 0.3 is 6.18 Å². The molecule has 21 heavy (non-hydrogen) atoms. The molecular weight excluding hydrogens is 287 g/mol. The zero-order valence-electron chi connectivity index (χ0n) is 10.9. The first-order valence-electron chi connectivity index (χ1n) is 6.09. The molecule has 1 saturated heterocycles. The molecule has 2 rings (SSSR count). The van der Waals surface area contributed by atoms with Gasteiger partial charge in [-0.15, -0.1) is 0 Å². The fourth-order valence-corrected chi connectivity index (χ4v) is 2.20. The van der Waals surface area contributed by atoms with Crippen LogP contribution in [-0.2, 0) is 15.7 Å². The molecule has 0 radical (unpaired) electrons. The second-order valence-electron chi connectivity index (χ2n) is 4.53. The van der Waals surface area contributed by atoms with Crippen LogP contribution in [0.3, 0.4) is 0 Å². The lowest BCUT2D eigenvalue weighted by atomic mass is 10.1. The Morgan fingerprint density at radius 1 is 1.48 bits per heavy atom. The van der Waals surface area contributed by atoms with Crippen LogP contribution in [0.1, 0.15) is 11.1 Å². The number of rotatable bonds is 2. The minimum absolute atomic E-state index is 0.0677. The van der Waals surface area contributed by atoms with E-state index in [1.807, 2.05) is 0 Å². The summed E-state index contributed by atoms with van der Waals surface area (Å²) in [6.07, 6.45) is -4.60. The number of nitrogens with zero attached hydrogens (tertiary/aromatic N) is 2. The van der Waals surface area contributed by atoms with Gasteiger partial charge in [0.05, 0.1) is 30.4 Å². The van der Waals surface area contributed by atoms with Crippen molar-refractivity contribution in [1.82, 2.24) is 0 Å². The normalized spacial score (nSPS) is 19.1. The number of ether oxygens (including phenoxy) is 1. The van der Waals surface area contributed by atoms with Crippen molar-refractivity contribution in [2.75, 3.05) is 24.7 Å². The van der Waals surface area contributed by atoms with Gasteiger partial charge < -0.3 is 15.4 Å². The summed E-state index contributed by atoms with van der Waals surface area (Å²) in [7, 11) is 0. The van der Waals surface area contributed by atoms with E-state index in [-0.39, 0.29) is 6.61 Å². The lowest BCUT2D eigenvalue weighted by Gasteiger charge is -2.35. The van der Waals surface area contributed by atoms with Crippen LogP contribution >= 0.6 is 0 Å². The number of hydrogen-bond acceptors (Lipinski definition) is 4. The number of hydrogen-bond donors (Lipinski definition) is 1. The van der Waals surface area contributed by atoms with Gasteiger partial charge in [-0.3, -0.25) is 4.79 Å². The third-order valence-corrected chi connectivity index (χ3v) is 3.22. The van der Waals surface area contributed by atoms with Gasteiger partial charge in [0.15, 0.2) is 0 Å². The van der Waals surface area contributed by atoms with Crippen LogP contribution < -0.4 is 10.6 Å². The molecule has 0 spiro atoms. The molecule has 112 valence electrons. The van der Waals surface area contributed by atoms with Crippen molar-refractivity contribution in [3.05, 3.63) is 29.3 Å². The van der Waals surface area contributed by atoms with Crippen LogP contribution in [0, 0.1) is 11.3 Å². The van der Waals surface area contributed by atoms with Gasteiger partial charge in [0.2, 0.25) is 5.91 Å². The topological polar surface area (TPSA) is 79.3 Å². The van der Waals surface area contributed by atoms with E-state index in [1.165, 1.54) is 12.1 Å². The van der Waals surface area contributed by atoms with Gasteiger partial charge in [-0.05, 0) is 18.2 Å². The van der Waals surface area contributed by atoms with E-state index in [0.29, 0.717) is 18.8 Å². The molecule has 1 unspecified atom stereocenters. The minimum atomic E-state index is -4.60. The van der Waals surface area contributed by atoms with E-state index >= 15 is 0 Å². The number of nitriles is 1. The Bertz CT molecular complexity index is 595. The Hall–Kier alpha value is -2.27. The molecule has 1 amide bonds. The molecule has 0 aliphatic carbocycles. The van der Waals surface area contributed by atoms with Gasteiger partial charge in [0.25, 0.3) is 0 Å². The van der Waals surface area contributed by atoms with Gasteiger partial charge in [-0.2, -0.15) is 18.4 Å². The Morgan fingerprint density at radius 3 is 2.76 bits per heavy atom. The first-order valence-corrected chi connectivity index (χ1v) is 6.09. The van der Waals surface area contributed by atoms with Crippen molar-refractivity contribution in [1.29, 1.82) is 5.26 Å². The van der Waals surface area contributed by atoms with Crippen LogP contribution in [0.25, 0.3) is 0 Å². The number of nitrogens with two attached hydrogens (primary N) is 1. The molecule has 1 aliphatic rings. The lowest BCUT2D eigenvalue weighted by molar-refractivity contribution is -0.137. The highest BCUT2D eigenvalue weighted by Gasteiger charge is 2.35. The highest BCUT2D eigenvalue weighted by molar-refractivity contribution is 5.84. The van der Waals surface area contributed by atoms with E-state index in [4.69, 9.17) is 15.7 Å². The maximum Gasteiger partial charge on any atom is 0.417 e. The van der Waals surface area contributed by atoms with Crippen LogP contribution in [0.5, 0.6) is 0 Å². The smallest absolute Gasteiger partial charge is 0.377 e. The largest absolute Gasteiger partial charge is 0.417 e. The number of primary amides is 1. The van der Waals surface area contributed by atoms with Crippen LogP contribution in [-0.4, -0.2) is 31.7 Å². The molecule has 1 fully saturated rings. The lowest BCUT2D eigenvalue weighted by Crippen LogP contribution is -2.52. The highest BCUT2D eigenvalue weighted by Crippen LogP contribution is 2.34. The Labute approximate surface area is 118 Å². The third-order valence-electron chi connectivity index (χ3n) is 3.22. The molecule has 0 bridgehead atoms. The number of morpholine rings is 1. The summed E-state index contributed by atoms with van der Waals surface area (Å²) in [5, 5.41) is 8.89. The predicted molar refractivity (Wildman–Crippen MR) is 67.3 cm³/mol. The van der Waals surface area contributed by atoms with Gasteiger partial charge in [-0.25, -0.2) is 0 Å². The SMILES string of the molecule is N#Cc1cc(N2CCOCC2C(N)=O)ccc1C(F)(F)F. The maximum absolute atomic E-state index is 12.8. The molecule has 0 saturated carbocycles. The number of carbonyl (C=O) groups excluding carboxylic acids is 1. The Kier molecular flexibility index (Phi) is 4.04. The van der Waals surface area contributed by atoms with Crippen molar-refractivity contribution in [2.45, 2.75) is 12.2 Å². The van der Waals surface area contributed by atoms with Crippen LogP contribution in [0.15, 0.2) is 18.2 Å². The molecule has 8 heteroatoms. The molecule has 1 atom stereocenters. The van der Waals surface area contributed by atoms with E-state index in [1.54, 1.807) is 4.90 Å². The third kappa shape index (κ3) is 3.08. The van der Waals surface area contributed by atoms with Gasteiger partial charge in [0, 0.05) is 12.2 Å². The number of carbonyl (C=O) groups is 1. The van der Waals surface area contributed by atoms with Crippen molar-refractivity contribution >= 4 is 11.6 Å². The van der Waals surface area contributed by atoms with Crippen molar-refractivity contribution in [3.8, 4) is 6.07 Å². The molecule has 0 aromatic heterocycles. The summed E-state index contributed by atoms with van der Waals surface area (Å²) in [4.78, 5) is 12.9. The van der Waals surface area contributed by atoms with Gasteiger partial charge in [0.1, 0.15) is 6.04 Å². The minimum Gasteiger partial charge on any atom is -0.377 e. The first-order chi connectivity index (χ1) is 9.84. The number of halogens is 3. The molecule has 2 N–H and O–H groups in total. The molecule has 5 nitrogen and oxygen atoms in total. The second kappa shape index (κ2) is 5.61. The maximum atomic E-state index is 12.8. The highest BCUT2D eigenvalue weighted by atomic mass is 19.4. The van der Waals surface area contributed by atoms with Crippen molar-refractivity contribution < 1.29 is 22.7 Å². The summed E-state index contributed by atoms with van der Waals surface area (Å²) >= 11 is 0. The summed E-state index contributed by atoms with van der Waals surface area (Å²) in [6.45, 7) is 0.703. The number of amides is 1. The second-order valence-corrected chi connectivity index (χ2v) is 4.53. The Balaban J connectivity index is 2.41. The van der Waals surface area contributed by atoms with E-state index in [0.717, 1.165) is 12.1 Å². The number of benzene rings is 1. The average Bonchev–Trinajstić information content (AvgIpc) is 2.45. The van der Waals surface area contributed by atoms with Crippen LogP contribution in [0.2, 0.25) is 0 Å². The summed E-state index contributed by atoms with van der Waals surface area (Å²) < 4.78 is 43.4. The number of anilines is 1. The van der Waals surface area contributed by atoms with Crippen molar-refractivity contribution in [3.63, 3.8) is 0 Å². The van der Waals surface area contributed by atoms with Crippen molar-refractivity contribution in [2.24, 2.45) is 5.73 Å². The molecule has 1 aromatic rings. The summed E-state index contributed by atoms with van der Waals surface area (Å²) in [5.41, 5.74) is 4.11. The predicted octanol–water partition coefficient (Wildman–Crippen LogP) is 1.27. The summed E-state index contributed by atoms with van der Waals surface area (Å²) in [6, 6.07) is 3.95. The zero-order chi connectivity index (χ0) is 15.6. The first kappa shape index (κ1) is 15.1. The standard InChI is InChI=1S/C13H12F3N3O2/c14-13(15,16)10-2-1-9(5-8(10)6-17)19-3-4-21-7-11(19)12(18)20/h1-2,5,11H,3-4,7H2,(H2,18,20). The van der Waals surface area contributed by atoms with E-state index in [2.05, 4.69) is 0 Å². The Morgan fingerprint density at radius 2 is 2.19 bits per heavy atom. The molecule has 1 aliphatic heterocycles. The zero-order valence-corrected chi connectivity index (χ0v) is 10.9. The molecule has 1 heterocycles. The molecular formula is C13H12F3N3O2. The number of alkyl halides is 3. The van der Waals surface area contributed by atoms with E-state index in [9.17, 15) is 18.0 Å². The van der Waals surface area contributed by atoms with Gasteiger partial charge in [-0.1, -0.05) is 0 Å². The van der Waals surface area contributed by atoms with Crippen LogP contribution in [0.4, 0.5) is 18.9 Å². The molecule has 1 aromatic carbocycles. The fraction of sp³-hybridized carbons (Fsp3) is 0.385. The fourth-order valence-electron chi connectivity index (χ4n) is 2.20. The van der Waals surface area contributed by atoms with E-state index < -0.39 is 29.3 Å². The average molecular weight is 299 g/mol. The monoisotopic (exact) mass is 299 g/mol. The summed E-state index contributed by atoms with van der Waals surface area (Å²) in [5.74, 6) is -0.631.